The molecule has 1 N–H and O–H groups in total. The first kappa shape index (κ1) is 16.5. The number of fused-ring (bicyclic) bond motifs is 1. The summed E-state index contributed by atoms with van der Waals surface area (Å²) in [6.45, 7) is 4.06. The van der Waals surface area contributed by atoms with E-state index in [4.69, 9.17) is 11.6 Å². The van der Waals surface area contributed by atoms with Crippen LogP contribution in [0.15, 0.2) is 54.9 Å². The van der Waals surface area contributed by atoms with Gasteiger partial charge in [0.1, 0.15) is 18.0 Å². The van der Waals surface area contributed by atoms with Crippen LogP contribution < -0.4 is 5.32 Å². The first-order valence-electron chi connectivity index (χ1n) is 8.16. The molecule has 6 heteroatoms. The second-order valence-corrected chi connectivity index (χ2v) is 6.49. The van der Waals surface area contributed by atoms with E-state index in [9.17, 15) is 4.39 Å². The van der Waals surface area contributed by atoms with Crippen molar-refractivity contribution in [1.29, 1.82) is 0 Å². The third kappa shape index (κ3) is 2.70. The summed E-state index contributed by atoms with van der Waals surface area (Å²) < 4.78 is 16.3. The zero-order valence-electron chi connectivity index (χ0n) is 14.3. The molecule has 2 aromatic carbocycles. The molecule has 0 saturated heterocycles. The number of nitrogens with one attached hydrogen (secondary N) is 1. The molecular weight excluding hydrogens is 351 g/mol. The fourth-order valence-electron chi connectivity index (χ4n) is 3.10. The van der Waals surface area contributed by atoms with Crippen molar-refractivity contribution in [2.24, 2.45) is 0 Å². The van der Waals surface area contributed by atoms with Crippen LogP contribution in [0.2, 0.25) is 5.02 Å². The lowest BCUT2D eigenvalue weighted by atomic mass is 10.2. The minimum Gasteiger partial charge on any atom is -0.337 e. The molecule has 0 aliphatic heterocycles. The normalized spacial score (nSPS) is 11.1. The maximum absolute atomic E-state index is 14.2. The Kier molecular flexibility index (Phi) is 4.09. The second kappa shape index (κ2) is 6.42. The minimum atomic E-state index is -0.430. The first-order chi connectivity index (χ1) is 12.6. The summed E-state index contributed by atoms with van der Waals surface area (Å²) in [4.78, 5) is 8.81. The molecule has 0 aliphatic rings. The molecule has 0 radical (unpaired) electrons. The highest BCUT2D eigenvalue weighted by Crippen LogP contribution is 2.33. The van der Waals surface area contributed by atoms with E-state index in [1.54, 1.807) is 12.1 Å². The summed E-state index contributed by atoms with van der Waals surface area (Å²) >= 11 is 5.84. The number of rotatable bonds is 3. The average molecular weight is 367 g/mol. The fourth-order valence-corrected chi connectivity index (χ4v) is 3.26. The van der Waals surface area contributed by atoms with Crippen LogP contribution in [-0.4, -0.2) is 14.5 Å². The smallest absolute Gasteiger partial charge is 0.150 e. The number of nitrogens with zero attached hydrogens (tertiary/aromatic N) is 3. The van der Waals surface area contributed by atoms with Gasteiger partial charge in [-0.05, 0) is 49.7 Å². The van der Waals surface area contributed by atoms with E-state index in [1.165, 1.54) is 12.4 Å². The van der Waals surface area contributed by atoms with Crippen LogP contribution in [0.1, 0.15) is 11.3 Å². The largest absolute Gasteiger partial charge is 0.337 e. The van der Waals surface area contributed by atoms with Crippen LogP contribution in [-0.2, 0) is 0 Å². The van der Waals surface area contributed by atoms with Crippen molar-refractivity contribution in [2.75, 3.05) is 5.32 Å². The van der Waals surface area contributed by atoms with Crippen LogP contribution in [0.4, 0.5) is 15.9 Å². The van der Waals surface area contributed by atoms with Gasteiger partial charge in [0.05, 0.1) is 11.1 Å². The van der Waals surface area contributed by atoms with Crippen molar-refractivity contribution in [3.8, 4) is 5.69 Å². The molecule has 4 aromatic rings. The topological polar surface area (TPSA) is 42.7 Å². The lowest BCUT2D eigenvalue weighted by Crippen LogP contribution is -2.00. The quantitative estimate of drug-likeness (QED) is 0.515. The highest BCUT2D eigenvalue weighted by Gasteiger charge is 2.18. The molecular formula is C20H16ClFN4. The van der Waals surface area contributed by atoms with Crippen molar-refractivity contribution < 1.29 is 4.39 Å². The predicted octanol–water partition coefficient (Wildman–Crippen LogP) is 5.57. The number of halogens is 2. The summed E-state index contributed by atoms with van der Waals surface area (Å²) in [5.41, 5.74) is 4.22. The number of aromatic nitrogens is 3. The molecule has 0 unspecified atom stereocenters. The molecule has 0 fully saturated rings. The Hall–Kier alpha value is -2.92. The van der Waals surface area contributed by atoms with E-state index < -0.39 is 5.82 Å². The van der Waals surface area contributed by atoms with Crippen LogP contribution in [0.3, 0.4) is 0 Å². The van der Waals surface area contributed by atoms with Crippen LogP contribution in [0.25, 0.3) is 16.7 Å². The minimum absolute atomic E-state index is 0.318. The third-order valence-corrected chi connectivity index (χ3v) is 4.73. The fraction of sp³-hybridized carbons (Fsp3) is 0.100. The van der Waals surface area contributed by atoms with Gasteiger partial charge in [-0.2, -0.15) is 0 Å². The maximum Gasteiger partial charge on any atom is 0.150 e. The maximum atomic E-state index is 14.2. The van der Waals surface area contributed by atoms with E-state index in [2.05, 4.69) is 19.9 Å². The molecule has 130 valence electrons. The van der Waals surface area contributed by atoms with Gasteiger partial charge in [0.15, 0.2) is 5.65 Å². The van der Waals surface area contributed by atoms with Gasteiger partial charge in [0.25, 0.3) is 0 Å². The summed E-state index contributed by atoms with van der Waals surface area (Å²) in [5, 5.41) is 4.29. The van der Waals surface area contributed by atoms with Gasteiger partial charge in [-0.3, -0.25) is 4.57 Å². The van der Waals surface area contributed by atoms with Crippen LogP contribution in [0.5, 0.6) is 0 Å². The molecule has 0 amide bonds. The Bertz CT molecular complexity index is 1110. The lowest BCUT2D eigenvalue weighted by molar-refractivity contribution is 0.632. The predicted molar refractivity (Wildman–Crippen MR) is 103 cm³/mol. The number of benzene rings is 2. The standard InChI is InChI=1S/C20H16ClFN4/c1-12-13(2)26(15-6-4-3-5-7-15)20-18(12)19(23-11-24-20)25-17-9-8-14(21)10-16(17)22/h3-11H,1-2H3,(H,23,24,25). The van der Waals surface area contributed by atoms with Gasteiger partial charge >= 0.3 is 0 Å². The summed E-state index contributed by atoms with van der Waals surface area (Å²) in [7, 11) is 0. The van der Waals surface area contributed by atoms with Crippen molar-refractivity contribution in [2.45, 2.75) is 13.8 Å². The molecule has 0 bridgehead atoms. The van der Waals surface area contributed by atoms with E-state index in [1.807, 2.05) is 44.2 Å². The molecule has 2 aromatic heterocycles. The van der Waals surface area contributed by atoms with E-state index in [-0.39, 0.29) is 0 Å². The molecule has 0 atom stereocenters. The first-order valence-corrected chi connectivity index (χ1v) is 8.54. The molecule has 0 spiro atoms. The van der Waals surface area contributed by atoms with E-state index in [0.717, 1.165) is 28.0 Å². The van der Waals surface area contributed by atoms with Gasteiger partial charge in [0.2, 0.25) is 0 Å². The molecule has 26 heavy (non-hydrogen) atoms. The van der Waals surface area contributed by atoms with Crippen LogP contribution >= 0.6 is 11.6 Å². The van der Waals surface area contributed by atoms with Gasteiger partial charge in [0, 0.05) is 16.4 Å². The number of anilines is 2. The van der Waals surface area contributed by atoms with Gasteiger partial charge in [-0.25, -0.2) is 14.4 Å². The monoisotopic (exact) mass is 366 g/mol. The summed E-state index contributed by atoms with van der Waals surface area (Å²) in [5.74, 6) is 0.132. The zero-order valence-corrected chi connectivity index (χ0v) is 15.0. The number of para-hydroxylation sites is 1. The molecule has 2 heterocycles. The molecule has 4 rings (SSSR count). The zero-order chi connectivity index (χ0) is 18.3. The van der Waals surface area contributed by atoms with Gasteiger partial charge in [-0.15, -0.1) is 0 Å². The van der Waals surface area contributed by atoms with Crippen molar-refractivity contribution in [1.82, 2.24) is 14.5 Å². The Morgan fingerprint density at radius 3 is 2.54 bits per heavy atom. The second-order valence-electron chi connectivity index (χ2n) is 6.05. The van der Waals surface area contributed by atoms with Crippen molar-refractivity contribution in [3.05, 3.63) is 77.0 Å². The number of hydrogen-bond acceptors (Lipinski definition) is 3. The number of aryl methyl sites for hydroxylation is 1. The summed E-state index contributed by atoms with van der Waals surface area (Å²) in [6.07, 6.45) is 1.48. The van der Waals surface area contributed by atoms with Crippen LogP contribution in [0, 0.1) is 19.7 Å². The number of hydrogen-bond donors (Lipinski definition) is 1. The summed E-state index contributed by atoms with van der Waals surface area (Å²) in [6, 6.07) is 14.5. The average Bonchev–Trinajstić information content (AvgIpc) is 2.90. The Balaban J connectivity index is 1.90. The Labute approximate surface area is 155 Å². The Morgan fingerprint density at radius 1 is 1.04 bits per heavy atom. The van der Waals surface area contributed by atoms with Gasteiger partial charge < -0.3 is 5.32 Å². The van der Waals surface area contributed by atoms with Crippen molar-refractivity contribution >= 4 is 34.1 Å². The molecule has 0 aliphatic carbocycles. The lowest BCUT2D eigenvalue weighted by Gasteiger charge is -2.09. The molecule has 4 nitrogen and oxygen atoms in total. The SMILES string of the molecule is Cc1c(C)n(-c2ccccc2)c2ncnc(Nc3ccc(Cl)cc3F)c12. The Morgan fingerprint density at radius 2 is 1.81 bits per heavy atom. The van der Waals surface area contributed by atoms with E-state index >= 15 is 0 Å². The highest BCUT2D eigenvalue weighted by molar-refractivity contribution is 6.30. The molecule has 0 saturated carbocycles. The highest BCUT2D eigenvalue weighted by atomic mass is 35.5. The third-order valence-electron chi connectivity index (χ3n) is 4.49. The van der Waals surface area contributed by atoms with Crippen molar-refractivity contribution in [3.63, 3.8) is 0 Å². The van der Waals surface area contributed by atoms with E-state index in [0.29, 0.717) is 16.5 Å². The van der Waals surface area contributed by atoms with Gasteiger partial charge in [-0.1, -0.05) is 29.8 Å².